The maximum atomic E-state index is 12.5. The van der Waals surface area contributed by atoms with Crippen molar-refractivity contribution in [2.45, 2.75) is 232 Å². The molecule has 0 bridgehead atoms. The number of carbonyl (C=O) groups is 1. The van der Waals surface area contributed by atoms with Crippen LogP contribution >= 0.6 is 7.82 Å². The Morgan fingerprint density at radius 3 is 1.31 bits per heavy atom. The molecule has 0 radical (unpaired) electrons. The fourth-order valence-corrected chi connectivity index (χ4v) is 7.54. The summed E-state index contributed by atoms with van der Waals surface area (Å²) in [5.74, 6) is -0.294. The maximum absolute atomic E-state index is 12.5. The normalized spacial score (nSPS) is 13.9. The van der Waals surface area contributed by atoms with Gasteiger partial charge in [-0.3, -0.25) is 9.36 Å². The highest BCUT2D eigenvalue weighted by Gasteiger charge is 2.19. The largest absolute Gasteiger partial charge is 0.756 e. The van der Waals surface area contributed by atoms with Gasteiger partial charge in [0.25, 0.3) is 7.82 Å². The highest BCUT2D eigenvalue weighted by molar-refractivity contribution is 7.45. The Hall–Kier alpha value is -1.44. The Labute approximate surface area is 365 Å². The lowest BCUT2D eigenvalue weighted by Gasteiger charge is -2.28. The van der Waals surface area contributed by atoms with E-state index in [1.807, 2.05) is 27.2 Å². The van der Waals surface area contributed by atoms with E-state index in [0.717, 1.165) is 44.9 Å². The number of nitrogens with zero attached hydrogens (tertiary/aromatic N) is 1. The van der Waals surface area contributed by atoms with Crippen LogP contribution in [0.5, 0.6) is 0 Å². The number of hydrogen-bond acceptors (Lipinski definition) is 7. The lowest BCUT2D eigenvalue weighted by atomic mass is 10.0. The molecule has 348 valence electrons. The van der Waals surface area contributed by atoms with E-state index < -0.39 is 13.9 Å². The smallest absolute Gasteiger partial charge is 0.305 e. The number of rotatable bonds is 46. The van der Waals surface area contributed by atoms with E-state index in [-0.39, 0.29) is 25.8 Å². The molecule has 2 unspecified atom stereocenters. The first-order chi connectivity index (χ1) is 28.6. The van der Waals surface area contributed by atoms with Crippen molar-refractivity contribution in [1.29, 1.82) is 0 Å². The second kappa shape index (κ2) is 43.2. The van der Waals surface area contributed by atoms with Crippen LogP contribution in [0.1, 0.15) is 226 Å². The Morgan fingerprint density at radius 2 is 0.898 bits per heavy atom. The molecule has 0 heterocycles. The summed E-state index contributed by atoms with van der Waals surface area (Å²) < 4.78 is 34.5. The van der Waals surface area contributed by atoms with Crippen molar-refractivity contribution < 1.29 is 37.3 Å². The van der Waals surface area contributed by atoms with Crippen molar-refractivity contribution in [2.24, 2.45) is 0 Å². The van der Waals surface area contributed by atoms with Gasteiger partial charge < -0.3 is 27.9 Å². The van der Waals surface area contributed by atoms with Crippen LogP contribution in [0.3, 0.4) is 0 Å². The molecule has 0 saturated heterocycles. The van der Waals surface area contributed by atoms with E-state index in [1.54, 1.807) is 6.26 Å². The summed E-state index contributed by atoms with van der Waals surface area (Å²) in [6.07, 6.45) is 52.7. The van der Waals surface area contributed by atoms with Gasteiger partial charge in [-0.05, 0) is 76.7 Å². The van der Waals surface area contributed by atoms with Gasteiger partial charge in [0.1, 0.15) is 19.8 Å². The first kappa shape index (κ1) is 57.6. The fraction of sp³-hybridized carbons (Fsp3) is 0.860. The minimum atomic E-state index is -4.52. The molecule has 0 amide bonds. The minimum absolute atomic E-state index is 0.0256. The highest BCUT2D eigenvalue weighted by Crippen LogP contribution is 2.38. The molecule has 0 fully saturated rings. The molecule has 0 aliphatic carbocycles. The SMILES string of the molecule is CCCCCCCC/C=C\CCCCCC/C=C\OC(COC(=O)CCCCCCCCCCCCC/C=C\CCCCCCCC)COP(=O)([O-])OCC[N+](C)(C)C. The summed E-state index contributed by atoms with van der Waals surface area (Å²) in [7, 11) is 1.36. The maximum Gasteiger partial charge on any atom is 0.305 e. The molecule has 0 aromatic carbocycles. The Morgan fingerprint density at radius 1 is 0.525 bits per heavy atom. The summed E-state index contributed by atoms with van der Waals surface area (Å²) in [4.78, 5) is 24.9. The Bertz CT molecular complexity index is 1040. The van der Waals surface area contributed by atoms with Gasteiger partial charge in [-0.15, -0.1) is 0 Å². The number of phosphoric ester groups is 1. The van der Waals surface area contributed by atoms with Crippen molar-refractivity contribution in [3.63, 3.8) is 0 Å². The van der Waals surface area contributed by atoms with Crippen LogP contribution in [0, 0.1) is 0 Å². The molecule has 0 aliphatic heterocycles. The zero-order valence-corrected chi connectivity index (χ0v) is 40.4. The molecule has 0 aliphatic rings. The summed E-state index contributed by atoms with van der Waals surface area (Å²) in [6, 6.07) is 0. The monoisotopic (exact) mass is 854 g/mol. The van der Waals surface area contributed by atoms with Crippen molar-refractivity contribution >= 4 is 13.8 Å². The van der Waals surface area contributed by atoms with E-state index in [4.69, 9.17) is 18.5 Å². The van der Waals surface area contributed by atoms with Gasteiger partial charge in [0.2, 0.25) is 0 Å². The van der Waals surface area contributed by atoms with Crippen LogP contribution in [0.2, 0.25) is 0 Å². The number of unbranched alkanes of at least 4 members (excludes halogenated alkanes) is 28. The van der Waals surface area contributed by atoms with Crippen molar-refractivity contribution in [2.75, 3.05) is 47.5 Å². The standard InChI is InChI=1S/C50H96NO7P/c1-6-8-10-12-14-16-18-20-22-24-25-26-27-28-29-31-33-35-37-39-41-43-50(52)56-47-49(48-58-59(53,54)57-46-44-51(3,4)5)55-45-42-40-38-36-34-32-30-23-21-19-17-15-13-11-9-7-2/h20-23,42,45,49H,6-19,24-41,43-44,46-48H2,1-5H3/b22-20-,23-21-,45-42-. The molecule has 2 atom stereocenters. The third-order valence-electron chi connectivity index (χ3n) is 10.8. The predicted molar refractivity (Wildman–Crippen MR) is 249 cm³/mol. The van der Waals surface area contributed by atoms with E-state index in [9.17, 15) is 14.3 Å². The second-order valence-electron chi connectivity index (χ2n) is 17.9. The lowest BCUT2D eigenvalue weighted by molar-refractivity contribution is -0.870. The van der Waals surface area contributed by atoms with Gasteiger partial charge in [0, 0.05) is 6.42 Å². The third-order valence-corrected chi connectivity index (χ3v) is 11.7. The zero-order valence-electron chi connectivity index (χ0n) is 39.5. The van der Waals surface area contributed by atoms with Gasteiger partial charge in [0.15, 0.2) is 6.10 Å². The number of phosphoric acid groups is 1. The molecular weight excluding hydrogens is 758 g/mol. The number of allylic oxidation sites excluding steroid dienone is 5. The summed E-state index contributed by atoms with van der Waals surface area (Å²) in [6.45, 7) is 4.71. The topological polar surface area (TPSA) is 94.1 Å². The minimum Gasteiger partial charge on any atom is -0.756 e. The van der Waals surface area contributed by atoms with E-state index in [0.29, 0.717) is 17.4 Å². The summed E-state index contributed by atoms with van der Waals surface area (Å²) in [5.41, 5.74) is 0. The van der Waals surface area contributed by atoms with Crippen molar-refractivity contribution in [3.05, 3.63) is 36.6 Å². The van der Waals surface area contributed by atoms with Crippen molar-refractivity contribution in [1.82, 2.24) is 0 Å². The average Bonchev–Trinajstić information content (AvgIpc) is 3.19. The van der Waals surface area contributed by atoms with Gasteiger partial charge in [-0.25, -0.2) is 0 Å². The van der Waals surface area contributed by atoms with Crippen LogP contribution < -0.4 is 4.89 Å². The molecule has 59 heavy (non-hydrogen) atoms. The van der Waals surface area contributed by atoms with Crippen LogP contribution in [-0.4, -0.2) is 64.1 Å². The lowest BCUT2D eigenvalue weighted by Crippen LogP contribution is -2.37. The Balaban J connectivity index is 4.18. The zero-order chi connectivity index (χ0) is 43.4. The molecule has 0 aromatic heterocycles. The fourth-order valence-electron chi connectivity index (χ4n) is 6.81. The molecule has 0 saturated carbocycles. The average molecular weight is 854 g/mol. The van der Waals surface area contributed by atoms with E-state index >= 15 is 0 Å². The van der Waals surface area contributed by atoms with Gasteiger partial charge in [0.05, 0.1) is 34.0 Å². The quantitative estimate of drug-likeness (QED) is 0.0150. The first-order valence-electron chi connectivity index (χ1n) is 24.8. The number of esters is 1. The number of likely N-dealkylation sites (N-methyl/N-ethyl adjacent to an activating group) is 1. The van der Waals surface area contributed by atoms with E-state index in [1.165, 1.54) is 161 Å². The van der Waals surface area contributed by atoms with Gasteiger partial charge in [-0.1, -0.05) is 173 Å². The number of hydrogen-bond donors (Lipinski definition) is 0. The number of ether oxygens (including phenoxy) is 2. The first-order valence-corrected chi connectivity index (χ1v) is 26.2. The van der Waals surface area contributed by atoms with E-state index in [2.05, 4.69) is 38.2 Å². The molecule has 8 nitrogen and oxygen atoms in total. The molecule has 0 aromatic rings. The predicted octanol–water partition coefficient (Wildman–Crippen LogP) is 14.7. The third kappa shape index (κ3) is 47.5. The molecule has 9 heteroatoms. The number of quaternary nitrogens is 1. The molecule has 0 rings (SSSR count). The van der Waals surface area contributed by atoms with Crippen LogP contribution in [0.25, 0.3) is 0 Å². The molecule has 0 N–H and O–H groups in total. The Kier molecular flexibility index (Phi) is 42.2. The van der Waals surface area contributed by atoms with Crippen LogP contribution in [0.15, 0.2) is 36.6 Å². The molecule has 0 spiro atoms. The van der Waals surface area contributed by atoms with Gasteiger partial charge in [-0.2, -0.15) is 0 Å². The van der Waals surface area contributed by atoms with Crippen LogP contribution in [-0.2, 0) is 27.9 Å². The van der Waals surface area contributed by atoms with Gasteiger partial charge >= 0.3 is 5.97 Å². The summed E-state index contributed by atoms with van der Waals surface area (Å²) in [5, 5.41) is 0. The number of carbonyl (C=O) groups excluding carboxylic acids is 1. The second-order valence-corrected chi connectivity index (χ2v) is 19.3. The summed E-state index contributed by atoms with van der Waals surface area (Å²) >= 11 is 0. The van der Waals surface area contributed by atoms with Crippen molar-refractivity contribution in [3.8, 4) is 0 Å². The van der Waals surface area contributed by atoms with Crippen LogP contribution in [0.4, 0.5) is 0 Å². The highest BCUT2D eigenvalue weighted by atomic mass is 31.2. The molecular formula is C50H96NO7P.